The fourth-order valence-corrected chi connectivity index (χ4v) is 2.76. The highest BCUT2D eigenvalue weighted by Crippen LogP contribution is 2.32. The van der Waals surface area contributed by atoms with E-state index in [1.54, 1.807) is 12.1 Å². The molecule has 4 nitrogen and oxygen atoms in total. The average Bonchev–Trinajstić information content (AvgIpc) is 2.56. The molecule has 8 heteroatoms. The van der Waals surface area contributed by atoms with E-state index >= 15 is 0 Å². The standard InChI is InChI=1S/C17H18BrF3N2O2/c1-2-3-8-25-16(24)13(22)9-10-4-6-12(18)15-11(10)5-7-14(23-15)17(19,20)21/h4-7,13H,2-3,8-9,22H2,1H3. The lowest BCUT2D eigenvalue weighted by Crippen LogP contribution is -2.34. The van der Waals surface area contributed by atoms with Gasteiger partial charge in [-0.1, -0.05) is 25.5 Å². The first kappa shape index (κ1) is 19.7. The molecule has 0 radical (unpaired) electrons. The molecule has 0 aliphatic carbocycles. The number of aromatic nitrogens is 1. The summed E-state index contributed by atoms with van der Waals surface area (Å²) in [4.78, 5) is 15.6. The molecule has 0 amide bonds. The van der Waals surface area contributed by atoms with Crippen molar-refractivity contribution in [1.29, 1.82) is 0 Å². The third-order valence-electron chi connectivity index (χ3n) is 3.67. The predicted molar refractivity (Wildman–Crippen MR) is 92.0 cm³/mol. The van der Waals surface area contributed by atoms with Gasteiger partial charge >= 0.3 is 12.1 Å². The average molecular weight is 419 g/mol. The molecule has 2 aromatic rings. The van der Waals surface area contributed by atoms with Crippen LogP contribution in [0.1, 0.15) is 31.0 Å². The van der Waals surface area contributed by atoms with Crippen molar-refractivity contribution in [1.82, 2.24) is 4.98 Å². The van der Waals surface area contributed by atoms with Gasteiger partial charge in [-0.15, -0.1) is 0 Å². The fourth-order valence-electron chi connectivity index (χ4n) is 2.32. The smallest absolute Gasteiger partial charge is 0.433 e. The van der Waals surface area contributed by atoms with Crippen molar-refractivity contribution in [3.05, 3.63) is 40.0 Å². The van der Waals surface area contributed by atoms with E-state index in [0.29, 0.717) is 22.0 Å². The Kier molecular flexibility index (Phi) is 6.40. The topological polar surface area (TPSA) is 65.2 Å². The zero-order chi connectivity index (χ0) is 18.6. The molecule has 0 aliphatic heterocycles. The molecule has 1 unspecified atom stereocenters. The lowest BCUT2D eigenvalue weighted by atomic mass is 10.0. The number of halogens is 4. The van der Waals surface area contributed by atoms with Crippen molar-refractivity contribution in [2.45, 2.75) is 38.4 Å². The highest BCUT2D eigenvalue weighted by atomic mass is 79.9. The lowest BCUT2D eigenvalue weighted by Gasteiger charge is -2.14. The van der Waals surface area contributed by atoms with Gasteiger partial charge in [-0.05, 0) is 46.5 Å². The molecule has 2 N–H and O–H groups in total. The van der Waals surface area contributed by atoms with Crippen LogP contribution in [-0.4, -0.2) is 23.6 Å². The summed E-state index contributed by atoms with van der Waals surface area (Å²) in [5, 5.41) is 0.513. The third-order valence-corrected chi connectivity index (χ3v) is 4.31. The zero-order valence-corrected chi connectivity index (χ0v) is 15.2. The summed E-state index contributed by atoms with van der Waals surface area (Å²) in [7, 11) is 0. The second-order valence-corrected chi connectivity index (χ2v) is 6.48. The van der Waals surface area contributed by atoms with Gasteiger partial charge < -0.3 is 10.5 Å². The van der Waals surface area contributed by atoms with Crippen LogP contribution < -0.4 is 5.73 Å². The van der Waals surface area contributed by atoms with Crippen molar-refractivity contribution in [2.75, 3.05) is 6.61 Å². The Morgan fingerprint density at radius 3 is 2.68 bits per heavy atom. The van der Waals surface area contributed by atoms with Gasteiger partial charge in [0.05, 0.1) is 12.1 Å². The van der Waals surface area contributed by atoms with Gasteiger partial charge in [0.2, 0.25) is 0 Å². The minimum absolute atomic E-state index is 0.155. The van der Waals surface area contributed by atoms with Crippen LogP contribution in [0.3, 0.4) is 0 Å². The van der Waals surface area contributed by atoms with Crippen LogP contribution in [0.4, 0.5) is 13.2 Å². The number of nitrogens with zero attached hydrogens (tertiary/aromatic N) is 1. The Hall–Kier alpha value is -1.67. The summed E-state index contributed by atoms with van der Waals surface area (Å²) < 4.78 is 44.1. The molecule has 25 heavy (non-hydrogen) atoms. The number of hydrogen-bond acceptors (Lipinski definition) is 4. The first-order valence-electron chi connectivity index (χ1n) is 7.81. The van der Waals surface area contributed by atoms with E-state index in [1.807, 2.05) is 6.92 Å². The Balaban J connectivity index is 2.27. The predicted octanol–water partition coefficient (Wildman–Crippen LogP) is 4.23. The third kappa shape index (κ3) is 4.92. The Labute approximate surface area is 151 Å². The second-order valence-electron chi connectivity index (χ2n) is 5.63. The van der Waals surface area contributed by atoms with E-state index in [-0.39, 0.29) is 11.9 Å². The molecule has 1 heterocycles. The number of alkyl halides is 3. The van der Waals surface area contributed by atoms with Crippen LogP contribution >= 0.6 is 15.9 Å². The van der Waals surface area contributed by atoms with E-state index in [2.05, 4.69) is 20.9 Å². The van der Waals surface area contributed by atoms with Crippen molar-refractivity contribution in [3.8, 4) is 0 Å². The molecule has 1 aromatic heterocycles. The second kappa shape index (κ2) is 8.14. The normalized spacial score (nSPS) is 13.0. The van der Waals surface area contributed by atoms with E-state index < -0.39 is 23.9 Å². The fraction of sp³-hybridized carbons (Fsp3) is 0.412. The number of unbranched alkanes of at least 4 members (excludes halogenated alkanes) is 1. The molecule has 1 aromatic carbocycles. The van der Waals surface area contributed by atoms with Gasteiger partial charge in [0, 0.05) is 9.86 Å². The maximum absolute atomic E-state index is 12.9. The molecule has 0 aliphatic rings. The van der Waals surface area contributed by atoms with Gasteiger partial charge in [0.25, 0.3) is 0 Å². The summed E-state index contributed by atoms with van der Waals surface area (Å²) in [5.74, 6) is -0.524. The van der Waals surface area contributed by atoms with Crippen molar-refractivity contribution >= 4 is 32.8 Å². The number of hydrogen-bond donors (Lipinski definition) is 1. The number of fused-ring (bicyclic) bond motifs is 1. The molecule has 1 atom stereocenters. The molecule has 136 valence electrons. The maximum Gasteiger partial charge on any atom is 0.433 e. The minimum Gasteiger partial charge on any atom is -0.465 e. The van der Waals surface area contributed by atoms with Crippen LogP contribution in [-0.2, 0) is 22.1 Å². The van der Waals surface area contributed by atoms with Gasteiger partial charge in [-0.2, -0.15) is 13.2 Å². The molecule has 0 saturated heterocycles. The largest absolute Gasteiger partial charge is 0.465 e. The first-order chi connectivity index (χ1) is 11.7. The quantitative estimate of drug-likeness (QED) is 0.562. The molecule has 0 bridgehead atoms. The molecule has 0 saturated carbocycles. The van der Waals surface area contributed by atoms with E-state index in [9.17, 15) is 18.0 Å². The lowest BCUT2D eigenvalue weighted by molar-refractivity contribution is -0.145. The summed E-state index contributed by atoms with van der Waals surface area (Å²) in [5.41, 5.74) is 5.72. The van der Waals surface area contributed by atoms with Crippen molar-refractivity contribution < 1.29 is 22.7 Å². The number of carbonyl (C=O) groups excluding carboxylic acids is 1. The number of pyridine rings is 1. The first-order valence-corrected chi connectivity index (χ1v) is 8.61. The van der Waals surface area contributed by atoms with E-state index in [1.165, 1.54) is 6.07 Å². The number of esters is 1. The van der Waals surface area contributed by atoms with Crippen molar-refractivity contribution in [2.24, 2.45) is 5.73 Å². The highest BCUT2D eigenvalue weighted by molar-refractivity contribution is 9.10. The Bertz CT molecular complexity index is 765. The van der Waals surface area contributed by atoms with Crippen LogP contribution in [0.15, 0.2) is 28.7 Å². The summed E-state index contributed by atoms with van der Waals surface area (Å²) in [6, 6.07) is 4.69. The van der Waals surface area contributed by atoms with Gasteiger partial charge in [-0.25, -0.2) is 4.98 Å². The molecule has 2 rings (SSSR count). The van der Waals surface area contributed by atoms with Crippen LogP contribution in [0.5, 0.6) is 0 Å². The van der Waals surface area contributed by atoms with Crippen LogP contribution in [0.25, 0.3) is 10.9 Å². The van der Waals surface area contributed by atoms with Gasteiger partial charge in [-0.3, -0.25) is 4.79 Å². The summed E-state index contributed by atoms with van der Waals surface area (Å²) in [6.07, 6.45) is -2.72. The number of benzene rings is 1. The monoisotopic (exact) mass is 418 g/mol. The number of ether oxygens (including phenoxy) is 1. The van der Waals surface area contributed by atoms with Gasteiger partial charge in [0.15, 0.2) is 0 Å². The van der Waals surface area contributed by atoms with Crippen molar-refractivity contribution in [3.63, 3.8) is 0 Å². The number of rotatable bonds is 6. The number of nitrogens with two attached hydrogens (primary N) is 1. The van der Waals surface area contributed by atoms with Crippen LogP contribution in [0.2, 0.25) is 0 Å². The summed E-state index contributed by atoms with van der Waals surface area (Å²) >= 11 is 3.22. The number of carbonyl (C=O) groups is 1. The molecular formula is C17H18BrF3N2O2. The zero-order valence-electron chi connectivity index (χ0n) is 13.6. The Morgan fingerprint density at radius 2 is 2.04 bits per heavy atom. The highest BCUT2D eigenvalue weighted by Gasteiger charge is 2.32. The summed E-state index contributed by atoms with van der Waals surface area (Å²) in [6.45, 7) is 2.28. The molecular weight excluding hydrogens is 401 g/mol. The Morgan fingerprint density at radius 1 is 1.32 bits per heavy atom. The molecule has 0 fully saturated rings. The molecule has 0 spiro atoms. The van der Waals surface area contributed by atoms with Gasteiger partial charge in [0.1, 0.15) is 11.7 Å². The van der Waals surface area contributed by atoms with E-state index in [4.69, 9.17) is 10.5 Å². The van der Waals surface area contributed by atoms with E-state index in [0.717, 1.165) is 18.9 Å². The van der Waals surface area contributed by atoms with Crippen LogP contribution in [0, 0.1) is 0 Å². The minimum atomic E-state index is -4.52. The maximum atomic E-state index is 12.9. The SMILES string of the molecule is CCCCOC(=O)C(N)Cc1ccc(Br)c2nc(C(F)(F)F)ccc12.